The number of hydrogen-bond donors (Lipinski definition) is 2. The lowest BCUT2D eigenvalue weighted by molar-refractivity contribution is -0.132. The minimum atomic E-state index is -0.0504. The van der Waals surface area contributed by atoms with Crippen LogP contribution in [0.2, 0.25) is 5.02 Å². The van der Waals surface area contributed by atoms with E-state index < -0.39 is 0 Å². The number of carbonyl (C=O) groups is 2. The van der Waals surface area contributed by atoms with Crippen LogP contribution < -0.4 is 5.32 Å². The summed E-state index contributed by atoms with van der Waals surface area (Å²) in [4.78, 5) is 31.2. The van der Waals surface area contributed by atoms with Crippen molar-refractivity contribution in [3.05, 3.63) is 35.0 Å². The lowest BCUT2D eigenvalue weighted by Gasteiger charge is -2.35. The number of fused-ring (bicyclic) bond motifs is 2. The summed E-state index contributed by atoms with van der Waals surface area (Å²) < 4.78 is 0. The van der Waals surface area contributed by atoms with Gasteiger partial charge in [0.1, 0.15) is 0 Å². The summed E-state index contributed by atoms with van der Waals surface area (Å²) in [6.07, 6.45) is 3.02. The van der Waals surface area contributed by atoms with Crippen molar-refractivity contribution in [3.8, 4) is 0 Å². The molecule has 2 aliphatic rings. The van der Waals surface area contributed by atoms with Crippen molar-refractivity contribution in [1.29, 1.82) is 0 Å². The monoisotopic (exact) mass is 346 g/mol. The van der Waals surface area contributed by atoms with E-state index in [4.69, 9.17) is 11.6 Å². The number of nitrogens with one attached hydrogen (secondary N) is 2. The van der Waals surface area contributed by atoms with E-state index in [0.29, 0.717) is 24.5 Å². The molecular weight excluding hydrogens is 328 g/mol. The Morgan fingerprint density at radius 3 is 3.08 bits per heavy atom. The second-order valence-electron chi connectivity index (χ2n) is 6.54. The summed E-state index contributed by atoms with van der Waals surface area (Å²) in [7, 11) is 1.81. The Hall–Kier alpha value is -2.21. The van der Waals surface area contributed by atoms with Gasteiger partial charge in [-0.15, -0.1) is 0 Å². The third-order valence-electron chi connectivity index (χ3n) is 5.13. The van der Waals surface area contributed by atoms with Crippen LogP contribution >= 0.6 is 11.6 Å². The molecule has 1 aromatic heterocycles. The molecule has 2 saturated heterocycles. The number of aromatic amines is 1. The predicted octanol–water partition coefficient (Wildman–Crippen LogP) is 1.99. The fourth-order valence-corrected chi connectivity index (χ4v) is 3.93. The number of urea groups is 1. The zero-order chi connectivity index (χ0) is 16.8. The molecule has 3 amide bonds. The van der Waals surface area contributed by atoms with E-state index in [1.807, 2.05) is 36.3 Å². The molecule has 6 nitrogen and oxygen atoms in total. The van der Waals surface area contributed by atoms with Crippen LogP contribution in [0.1, 0.15) is 12.0 Å². The van der Waals surface area contributed by atoms with Gasteiger partial charge in [-0.25, -0.2) is 4.79 Å². The average molecular weight is 347 g/mol. The maximum absolute atomic E-state index is 12.7. The van der Waals surface area contributed by atoms with E-state index in [1.54, 1.807) is 4.90 Å². The van der Waals surface area contributed by atoms with Crippen molar-refractivity contribution in [3.63, 3.8) is 0 Å². The number of H-pyrrole nitrogens is 1. The summed E-state index contributed by atoms with van der Waals surface area (Å²) in [5, 5.41) is 4.60. The van der Waals surface area contributed by atoms with Gasteiger partial charge < -0.3 is 20.1 Å². The van der Waals surface area contributed by atoms with E-state index >= 15 is 0 Å². The summed E-state index contributed by atoms with van der Waals surface area (Å²) in [5.41, 5.74) is 1.93. The van der Waals surface area contributed by atoms with Gasteiger partial charge in [0.2, 0.25) is 5.91 Å². The van der Waals surface area contributed by atoms with E-state index in [2.05, 4.69) is 10.3 Å². The van der Waals surface area contributed by atoms with Gasteiger partial charge in [-0.05, 0) is 30.2 Å². The highest BCUT2D eigenvalue weighted by Crippen LogP contribution is 2.25. The van der Waals surface area contributed by atoms with Crippen molar-refractivity contribution in [2.75, 3.05) is 20.1 Å². The van der Waals surface area contributed by atoms with Crippen LogP contribution in [0.15, 0.2) is 24.4 Å². The zero-order valence-electron chi connectivity index (χ0n) is 13.4. The third-order valence-corrected chi connectivity index (χ3v) is 5.36. The second-order valence-corrected chi connectivity index (χ2v) is 6.98. The van der Waals surface area contributed by atoms with Gasteiger partial charge in [0.15, 0.2) is 0 Å². The SMILES string of the molecule is CN1C(=O)N[C@@H]2CN(C(=O)Cc3c[nH]c4ccc(Cl)cc34)CC[C@@H]21. The van der Waals surface area contributed by atoms with Crippen LogP contribution in [0, 0.1) is 0 Å². The molecule has 2 fully saturated rings. The second kappa shape index (κ2) is 5.70. The van der Waals surface area contributed by atoms with Gasteiger partial charge in [0.05, 0.1) is 18.5 Å². The third kappa shape index (κ3) is 2.51. The maximum Gasteiger partial charge on any atom is 0.317 e. The molecule has 0 spiro atoms. The molecule has 1 aromatic carbocycles. The number of likely N-dealkylation sites (tertiary alicyclic amines) is 1. The first kappa shape index (κ1) is 15.3. The molecule has 2 aromatic rings. The first-order valence-electron chi connectivity index (χ1n) is 8.09. The van der Waals surface area contributed by atoms with E-state index in [9.17, 15) is 9.59 Å². The fourth-order valence-electron chi connectivity index (χ4n) is 3.75. The highest BCUT2D eigenvalue weighted by atomic mass is 35.5. The highest BCUT2D eigenvalue weighted by molar-refractivity contribution is 6.31. The summed E-state index contributed by atoms with van der Waals surface area (Å²) in [5.74, 6) is 0.0816. The fraction of sp³-hybridized carbons (Fsp3) is 0.412. The minimum absolute atomic E-state index is 0.0256. The van der Waals surface area contributed by atoms with Crippen molar-refractivity contribution in [2.45, 2.75) is 24.9 Å². The van der Waals surface area contributed by atoms with Crippen molar-refractivity contribution in [1.82, 2.24) is 20.1 Å². The van der Waals surface area contributed by atoms with Gasteiger partial charge in [0.25, 0.3) is 0 Å². The Morgan fingerprint density at radius 2 is 2.25 bits per heavy atom. The van der Waals surface area contributed by atoms with Crippen LogP contribution in [0.5, 0.6) is 0 Å². The van der Waals surface area contributed by atoms with E-state index in [-0.39, 0.29) is 24.0 Å². The number of benzene rings is 1. The molecule has 2 aliphatic heterocycles. The number of halogens is 1. The number of piperidine rings is 1. The molecule has 2 N–H and O–H groups in total. The molecule has 2 atom stereocenters. The normalized spacial score (nSPS) is 23.5. The Morgan fingerprint density at radius 1 is 1.42 bits per heavy atom. The number of nitrogens with zero attached hydrogens (tertiary/aromatic N) is 2. The molecule has 4 rings (SSSR count). The predicted molar refractivity (Wildman–Crippen MR) is 92.1 cm³/mol. The van der Waals surface area contributed by atoms with Gasteiger partial charge >= 0.3 is 6.03 Å². The lowest BCUT2D eigenvalue weighted by atomic mass is 9.99. The highest BCUT2D eigenvalue weighted by Gasteiger charge is 2.41. The van der Waals surface area contributed by atoms with E-state index in [1.165, 1.54) is 0 Å². The molecule has 7 heteroatoms. The quantitative estimate of drug-likeness (QED) is 0.873. The molecule has 0 radical (unpaired) electrons. The Kier molecular flexibility index (Phi) is 3.64. The van der Waals surface area contributed by atoms with Gasteiger partial charge in [0, 0.05) is 42.3 Å². The molecular formula is C17H19ClN4O2. The molecule has 24 heavy (non-hydrogen) atoms. The molecule has 0 bridgehead atoms. The number of amides is 3. The average Bonchev–Trinajstić information content (AvgIpc) is 3.08. The van der Waals surface area contributed by atoms with Gasteiger partial charge in [-0.1, -0.05) is 11.6 Å². The van der Waals surface area contributed by atoms with Crippen molar-refractivity contribution >= 4 is 34.4 Å². The van der Waals surface area contributed by atoms with Crippen molar-refractivity contribution < 1.29 is 9.59 Å². The zero-order valence-corrected chi connectivity index (χ0v) is 14.1. The Bertz CT molecular complexity index is 818. The topological polar surface area (TPSA) is 68.4 Å². The molecule has 0 unspecified atom stereocenters. The van der Waals surface area contributed by atoms with Crippen LogP contribution in [0.3, 0.4) is 0 Å². The summed E-state index contributed by atoms with van der Waals surface area (Å²) in [6.45, 7) is 1.26. The number of aromatic nitrogens is 1. The standard InChI is InChI=1S/C17H19ClN4O2/c1-21-15-4-5-22(9-14(15)20-17(21)24)16(23)6-10-8-19-13-3-2-11(18)7-12(10)13/h2-3,7-8,14-15,19H,4-6,9H2,1H3,(H,20,24)/t14-,15+/m1/s1. The van der Waals surface area contributed by atoms with E-state index in [0.717, 1.165) is 22.9 Å². The first-order valence-corrected chi connectivity index (χ1v) is 8.47. The van der Waals surface area contributed by atoms with Gasteiger partial charge in [-0.3, -0.25) is 4.79 Å². The number of likely N-dealkylation sites (N-methyl/N-ethyl adjacent to an activating group) is 1. The Balaban J connectivity index is 1.48. The summed E-state index contributed by atoms with van der Waals surface area (Å²) >= 11 is 6.07. The largest absolute Gasteiger partial charge is 0.361 e. The molecule has 0 saturated carbocycles. The summed E-state index contributed by atoms with van der Waals surface area (Å²) in [6, 6.07) is 5.79. The van der Waals surface area contributed by atoms with Crippen LogP contribution in [-0.2, 0) is 11.2 Å². The molecule has 0 aliphatic carbocycles. The van der Waals surface area contributed by atoms with Crippen LogP contribution in [0.25, 0.3) is 10.9 Å². The van der Waals surface area contributed by atoms with Crippen LogP contribution in [0.4, 0.5) is 4.79 Å². The molecule has 3 heterocycles. The lowest BCUT2D eigenvalue weighted by Crippen LogP contribution is -2.52. The Labute approximate surface area is 144 Å². The van der Waals surface area contributed by atoms with Crippen molar-refractivity contribution in [2.24, 2.45) is 0 Å². The maximum atomic E-state index is 12.7. The number of hydrogen-bond acceptors (Lipinski definition) is 2. The number of rotatable bonds is 2. The molecule has 126 valence electrons. The number of carbonyl (C=O) groups excluding carboxylic acids is 2. The smallest absolute Gasteiger partial charge is 0.317 e. The van der Waals surface area contributed by atoms with Gasteiger partial charge in [-0.2, -0.15) is 0 Å². The van der Waals surface area contributed by atoms with Crippen LogP contribution in [-0.4, -0.2) is 58.9 Å². The first-order chi connectivity index (χ1) is 11.5. The minimum Gasteiger partial charge on any atom is -0.361 e.